The second kappa shape index (κ2) is 16.1. The van der Waals surface area contributed by atoms with E-state index in [9.17, 15) is 0 Å². The molecule has 0 unspecified atom stereocenters. The number of rotatable bonds is 9. The first kappa shape index (κ1) is 39.2. The summed E-state index contributed by atoms with van der Waals surface area (Å²) in [6.07, 6.45) is 1.92. The van der Waals surface area contributed by atoms with E-state index >= 15 is 0 Å². The highest BCUT2D eigenvalue weighted by atomic mass is 15.4. The van der Waals surface area contributed by atoms with Crippen molar-refractivity contribution in [2.24, 2.45) is 0 Å². The van der Waals surface area contributed by atoms with Crippen LogP contribution < -0.4 is 5.43 Å². The van der Waals surface area contributed by atoms with Crippen LogP contribution in [-0.2, 0) is 0 Å². The highest BCUT2D eigenvalue weighted by Gasteiger charge is 2.19. The topological polar surface area (TPSA) is 50.7 Å². The Morgan fingerprint density at radius 2 is 0.735 bits per heavy atom. The van der Waals surface area contributed by atoms with E-state index in [4.69, 9.17) is 5.41 Å². The van der Waals surface area contributed by atoms with E-state index in [1.165, 1.54) is 49.2 Å². The minimum Gasteiger partial charge on any atom is -0.309 e. The first-order valence-electron chi connectivity index (χ1n) is 23.1. The van der Waals surface area contributed by atoms with Gasteiger partial charge >= 0.3 is 0 Å². The SMILES string of the molecule is N=C(/C=C(\Nn1c2ccccc2c2cc(-c3ccc4c(c3)c3ccccc3n4-c3ccc4c(c3)c3cc(-c5ccccc5)ccc3n4-c3ccccc3)ccc21)c1ccccc1)c1ccccc1. The summed E-state index contributed by atoms with van der Waals surface area (Å²) >= 11 is 0. The molecule has 13 rings (SSSR count). The summed E-state index contributed by atoms with van der Waals surface area (Å²) in [4.78, 5) is 0. The fourth-order valence-electron chi connectivity index (χ4n) is 10.3. The molecule has 5 nitrogen and oxygen atoms in total. The molecule has 2 N–H and O–H groups in total. The van der Waals surface area contributed by atoms with Crippen LogP contribution in [0.2, 0.25) is 0 Å². The number of nitrogens with zero attached hydrogens (tertiary/aromatic N) is 3. The predicted molar refractivity (Wildman–Crippen MR) is 286 cm³/mol. The van der Waals surface area contributed by atoms with Gasteiger partial charge in [0, 0.05) is 43.7 Å². The van der Waals surface area contributed by atoms with Gasteiger partial charge in [0.1, 0.15) is 0 Å². The molecule has 0 aliphatic carbocycles. The molecule has 0 fully saturated rings. The first-order valence-corrected chi connectivity index (χ1v) is 23.1. The summed E-state index contributed by atoms with van der Waals surface area (Å²) in [5.74, 6) is 0. The average molecular weight is 870 g/mol. The van der Waals surface area contributed by atoms with Gasteiger partial charge in [-0.25, -0.2) is 0 Å². The van der Waals surface area contributed by atoms with E-state index < -0.39 is 0 Å². The molecule has 13 aromatic rings. The Labute approximate surface area is 393 Å². The highest BCUT2D eigenvalue weighted by molar-refractivity contribution is 6.15. The van der Waals surface area contributed by atoms with Crippen LogP contribution in [0.4, 0.5) is 0 Å². The summed E-state index contributed by atoms with van der Waals surface area (Å²) in [6.45, 7) is 0. The quantitative estimate of drug-likeness (QED) is 0.140. The van der Waals surface area contributed by atoms with Gasteiger partial charge in [0.05, 0.1) is 44.5 Å². The zero-order valence-electron chi connectivity index (χ0n) is 37.0. The van der Waals surface area contributed by atoms with Crippen molar-refractivity contribution in [2.45, 2.75) is 0 Å². The van der Waals surface area contributed by atoms with E-state index in [1.807, 2.05) is 54.6 Å². The molecule has 0 saturated carbocycles. The molecule has 5 heteroatoms. The molecule has 0 aliphatic heterocycles. The smallest absolute Gasteiger partial charge is 0.0710 e. The molecule has 0 radical (unpaired) electrons. The van der Waals surface area contributed by atoms with Crippen molar-refractivity contribution in [1.82, 2.24) is 13.8 Å². The van der Waals surface area contributed by atoms with Gasteiger partial charge in [0.25, 0.3) is 0 Å². The molecule has 0 aliphatic rings. The molecule has 0 saturated heterocycles. The van der Waals surface area contributed by atoms with Crippen molar-refractivity contribution in [1.29, 1.82) is 5.41 Å². The maximum atomic E-state index is 9.04. The van der Waals surface area contributed by atoms with Crippen LogP contribution in [0.5, 0.6) is 0 Å². The van der Waals surface area contributed by atoms with Gasteiger partial charge in [-0.1, -0.05) is 164 Å². The van der Waals surface area contributed by atoms with Crippen LogP contribution in [-0.4, -0.2) is 19.5 Å². The Balaban J connectivity index is 0.936. The fourth-order valence-corrected chi connectivity index (χ4v) is 10.3. The number of aromatic nitrogens is 3. The zero-order chi connectivity index (χ0) is 45.1. The molecule has 0 amide bonds. The van der Waals surface area contributed by atoms with Gasteiger partial charge in [-0.2, -0.15) is 0 Å². The average Bonchev–Trinajstić information content (AvgIpc) is 4.03. The third kappa shape index (κ3) is 6.51. The molecule has 0 atom stereocenters. The highest BCUT2D eigenvalue weighted by Crippen LogP contribution is 2.40. The Morgan fingerprint density at radius 3 is 1.38 bits per heavy atom. The molecule has 68 heavy (non-hydrogen) atoms. The lowest BCUT2D eigenvalue weighted by molar-refractivity contribution is 1.06. The lowest BCUT2D eigenvalue weighted by Gasteiger charge is -2.16. The zero-order valence-corrected chi connectivity index (χ0v) is 37.0. The maximum absolute atomic E-state index is 9.04. The monoisotopic (exact) mass is 869 g/mol. The van der Waals surface area contributed by atoms with Crippen LogP contribution in [0.1, 0.15) is 11.1 Å². The van der Waals surface area contributed by atoms with Gasteiger partial charge in [0.2, 0.25) is 0 Å². The van der Waals surface area contributed by atoms with E-state index in [-0.39, 0.29) is 0 Å². The van der Waals surface area contributed by atoms with Gasteiger partial charge in [-0.3, -0.25) is 10.1 Å². The maximum Gasteiger partial charge on any atom is 0.0710 e. The van der Waals surface area contributed by atoms with E-state index in [2.05, 4.69) is 213 Å². The lowest BCUT2D eigenvalue weighted by Crippen LogP contribution is -2.14. The molecule has 320 valence electrons. The second-order valence-corrected chi connectivity index (χ2v) is 17.5. The Hall–Kier alpha value is -9.19. The number of allylic oxidation sites excluding steroid dienone is 1. The summed E-state index contributed by atoms with van der Waals surface area (Å²) < 4.78 is 6.99. The Bertz CT molecular complexity index is 4100. The Kier molecular flexibility index (Phi) is 9.25. The van der Waals surface area contributed by atoms with Crippen molar-refractivity contribution in [3.63, 3.8) is 0 Å². The van der Waals surface area contributed by atoms with Crippen LogP contribution in [0.3, 0.4) is 0 Å². The molecule has 10 aromatic carbocycles. The summed E-state index contributed by atoms with van der Waals surface area (Å²) in [5.41, 5.74) is 20.7. The largest absolute Gasteiger partial charge is 0.309 e. The van der Waals surface area contributed by atoms with Gasteiger partial charge in [-0.05, 0) is 118 Å². The predicted octanol–water partition coefficient (Wildman–Crippen LogP) is 16.0. The molecular weight excluding hydrogens is 827 g/mol. The van der Waals surface area contributed by atoms with Gasteiger partial charge in [-0.15, -0.1) is 0 Å². The summed E-state index contributed by atoms with van der Waals surface area (Å²) in [7, 11) is 0. The normalized spacial score (nSPS) is 12.0. The number of fused-ring (bicyclic) bond motifs is 9. The third-order valence-electron chi connectivity index (χ3n) is 13.5. The van der Waals surface area contributed by atoms with Crippen LogP contribution >= 0.6 is 0 Å². The number of benzene rings is 10. The van der Waals surface area contributed by atoms with Gasteiger partial charge in [0.15, 0.2) is 0 Å². The van der Waals surface area contributed by atoms with Crippen LogP contribution in [0.25, 0.3) is 105 Å². The van der Waals surface area contributed by atoms with Crippen molar-refractivity contribution >= 4 is 76.8 Å². The number of nitrogens with one attached hydrogen (secondary N) is 2. The van der Waals surface area contributed by atoms with Crippen molar-refractivity contribution in [2.75, 3.05) is 5.43 Å². The van der Waals surface area contributed by atoms with E-state index in [0.717, 1.165) is 66.6 Å². The molecule has 0 spiro atoms. The molecule has 3 heterocycles. The molecule has 3 aromatic heterocycles. The standard InChI is InChI=1S/C63H43N5/c64-56(43-19-7-2-8-20-43)41-57(44-21-9-3-10-22-44)65-68-62-28-16-14-26-51(62)53-39-47(31-35-63(53)68)46-30-34-59-52(38-46)50-25-13-15-27-58(50)67(59)49-32-36-61-55(40-49)54-37-45(42-17-5-1-6-18-42)29-33-60(54)66(61)48-23-11-4-12-24-48/h1-41,64-65H/b57-41-,64-56?. The lowest BCUT2D eigenvalue weighted by atomic mass is 10.0. The summed E-state index contributed by atoms with van der Waals surface area (Å²) in [6, 6.07) is 86.4. The summed E-state index contributed by atoms with van der Waals surface area (Å²) in [5, 5.41) is 16.2. The second-order valence-electron chi connectivity index (χ2n) is 17.5. The third-order valence-corrected chi connectivity index (χ3v) is 13.5. The number of para-hydroxylation sites is 3. The van der Waals surface area contributed by atoms with Crippen molar-refractivity contribution in [3.8, 4) is 33.6 Å². The van der Waals surface area contributed by atoms with Crippen LogP contribution in [0.15, 0.2) is 249 Å². The van der Waals surface area contributed by atoms with Crippen LogP contribution in [0, 0.1) is 5.41 Å². The minimum absolute atomic E-state index is 0.436. The van der Waals surface area contributed by atoms with E-state index in [1.54, 1.807) is 0 Å². The first-order chi connectivity index (χ1) is 33.6. The van der Waals surface area contributed by atoms with Crippen molar-refractivity contribution in [3.05, 3.63) is 260 Å². The van der Waals surface area contributed by atoms with Crippen molar-refractivity contribution < 1.29 is 0 Å². The number of hydrogen-bond donors (Lipinski definition) is 2. The molecule has 0 bridgehead atoms. The van der Waals surface area contributed by atoms with Gasteiger partial charge < -0.3 is 14.5 Å². The molecular formula is C63H43N5. The fraction of sp³-hybridized carbons (Fsp3) is 0. The number of hydrogen-bond acceptors (Lipinski definition) is 2. The van der Waals surface area contributed by atoms with E-state index in [0.29, 0.717) is 5.71 Å². The Morgan fingerprint density at radius 1 is 0.324 bits per heavy atom. The minimum atomic E-state index is 0.436.